The number of aryl methyl sites for hydroxylation is 2. The van der Waals surface area contributed by atoms with Crippen molar-refractivity contribution in [2.45, 2.75) is 19.8 Å². The van der Waals surface area contributed by atoms with Gasteiger partial charge in [0.1, 0.15) is 10.0 Å². The van der Waals surface area contributed by atoms with Gasteiger partial charge in [0.25, 0.3) is 0 Å². The lowest BCUT2D eigenvalue weighted by Crippen LogP contribution is -1.90. The van der Waals surface area contributed by atoms with Crippen LogP contribution in [0.5, 0.6) is 0 Å². The molecule has 0 aliphatic carbocycles. The van der Waals surface area contributed by atoms with Crippen LogP contribution >= 0.6 is 22.9 Å². The number of alkyl halides is 1. The highest BCUT2D eigenvalue weighted by Gasteiger charge is 2.05. The quantitative estimate of drug-likeness (QED) is 0.781. The zero-order chi connectivity index (χ0) is 11.4. The van der Waals surface area contributed by atoms with E-state index in [0.29, 0.717) is 5.88 Å². The lowest BCUT2D eigenvalue weighted by atomic mass is 10.1. The zero-order valence-corrected chi connectivity index (χ0v) is 10.7. The van der Waals surface area contributed by atoms with E-state index in [4.69, 9.17) is 11.6 Å². The van der Waals surface area contributed by atoms with Crippen molar-refractivity contribution in [2.75, 3.05) is 5.88 Å². The predicted octanol–water partition coefficient (Wildman–Crippen LogP) is 3.22. The van der Waals surface area contributed by atoms with Crippen molar-refractivity contribution in [3.63, 3.8) is 0 Å². The van der Waals surface area contributed by atoms with Crippen molar-refractivity contribution in [3.8, 4) is 0 Å². The molecule has 16 heavy (non-hydrogen) atoms. The summed E-state index contributed by atoms with van der Waals surface area (Å²) in [6.07, 6.45) is 1.68. The molecule has 2 rings (SSSR count). The zero-order valence-electron chi connectivity index (χ0n) is 9.11. The monoisotopic (exact) mass is 252 g/mol. The molecule has 84 valence electrons. The van der Waals surface area contributed by atoms with Crippen molar-refractivity contribution < 1.29 is 0 Å². The molecule has 0 N–H and O–H groups in total. The Bertz CT molecular complexity index is 468. The largest absolute Gasteiger partial charge is 0.144 e. The van der Waals surface area contributed by atoms with Crippen LogP contribution < -0.4 is 0 Å². The molecule has 0 saturated heterocycles. The smallest absolute Gasteiger partial charge is 0.121 e. The van der Waals surface area contributed by atoms with Crippen molar-refractivity contribution in [2.24, 2.45) is 0 Å². The highest BCUT2D eigenvalue weighted by atomic mass is 35.5. The Hall–Kier alpha value is -0.930. The summed E-state index contributed by atoms with van der Waals surface area (Å²) in [6, 6.07) is 8.37. The van der Waals surface area contributed by atoms with Gasteiger partial charge in [-0.05, 0) is 18.1 Å². The molecule has 0 fully saturated rings. The maximum Gasteiger partial charge on any atom is 0.121 e. The van der Waals surface area contributed by atoms with Gasteiger partial charge in [-0.15, -0.1) is 33.1 Å². The second-order valence-corrected chi connectivity index (χ2v) is 5.16. The van der Waals surface area contributed by atoms with Gasteiger partial charge in [0.15, 0.2) is 0 Å². The van der Waals surface area contributed by atoms with E-state index in [1.165, 1.54) is 11.1 Å². The minimum atomic E-state index is 0.610. The summed E-state index contributed by atoms with van der Waals surface area (Å²) in [6.45, 7) is 2.12. The van der Waals surface area contributed by atoms with Gasteiger partial charge in [-0.1, -0.05) is 24.3 Å². The summed E-state index contributed by atoms with van der Waals surface area (Å²) in [5.41, 5.74) is 2.62. The fourth-order valence-corrected chi connectivity index (χ4v) is 2.67. The van der Waals surface area contributed by atoms with E-state index < -0.39 is 0 Å². The van der Waals surface area contributed by atoms with E-state index in [9.17, 15) is 0 Å². The second kappa shape index (κ2) is 5.41. The van der Waals surface area contributed by atoms with Gasteiger partial charge in [-0.2, -0.15) is 0 Å². The van der Waals surface area contributed by atoms with Gasteiger partial charge < -0.3 is 0 Å². The van der Waals surface area contributed by atoms with Gasteiger partial charge >= 0.3 is 0 Å². The van der Waals surface area contributed by atoms with Crippen molar-refractivity contribution >= 4 is 22.9 Å². The van der Waals surface area contributed by atoms with E-state index in [2.05, 4.69) is 41.4 Å². The highest BCUT2D eigenvalue weighted by molar-refractivity contribution is 7.11. The molecule has 0 amide bonds. The minimum absolute atomic E-state index is 0.610. The van der Waals surface area contributed by atoms with Crippen LogP contribution in [0, 0.1) is 6.92 Å². The second-order valence-electron chi connectivity index (χ2n) is 3.63. The molecule has 0 saturated carbocycles. The molecule has 1 heterocycles. The Morgan fingerprint density at radius 2 is 1.94 bits per heavy atom. The molecule has 1 aromatic carbocycles. The third-order valence-corrected chi connectivity index (χ3v) is 3.59. The van der Waals surface area contributed by atoms with Crippen molar-refractivity contribution in [1.82, 2.24) is 10.2 Å². The Morgan fingerprint density at radius 1 is 1.19 bits per heavy atom. The van der Waals surface area contributed by atoms with Crippen LogP contribution in [0.15, 0.2) is 24.3 Å². The fraction of sp³-hybridized carbons (Fsp3) is 0.333. The molecule has 2 aromatic rings. The lowest BCUT2D eigenvalue weighted by molar-refractivity contribution is 0.946. The van der Waals surface area contributed by atoms with Crippen LogP contribution in [0.4, 0.5) is 0 Å². The summed E-state index contributed by atoms with van der Waals surface area (Å²) >= 11 is 7.32. The summed E-state index contributed by atoms with van der Waals surface area (Å²) in [5.74, 6) is 0.610. The standard InChI is InChI=1S/C12H13ClN2S/c1-9-4-2-3-5-10(9)8-12-15-14-11(16-12)6-7-13/h2-5H,6-8H2,1H3. The first-order valence-corrected chi connectivity index (χ1v) is 6.56. The topological polar surface area (TPSA) is 25.8 Å². The molecule has 2 nitrogen and oxygen atoms in total. The number of halogens is 1. The molecular weight excluding hydrogens is 240 g/mol. The van der Waals surface area contributed by atoms with E-state index in [1.807, 2.05) is 0 Å². The van der Waals surface area contributed by atoms with Crippen LogP contribution in [0.3, 0.4) is 0 Å². The van der Waals surface area contributed by atoms with E-state index >= 15 is 0 Å². The first-order valence-electron chi connectivity index (χ1n) is 5.21. The lowest BCUT2D eigenvalue weighted by Gasteiger charge is -2.01. The molecule has 0 radical (unpaired) electrons. The van der Waals surface area contributed by atoms with Gasteiger partial charge in [0.2, 0.25) is 0 Å². The molecular formula is C12H13ClN2S. The predicted molar refractivity (Wildman–Crippen MR) is 68.3 cm³/mol. The SMILES string of the molecule is Cc1ccccc1Cc1nnc(CCCl)s1. The Kier molecular flexibility index (Phi) is 3.91. The average molecular weight is 253 g/mol. The molecule has 0 aliphatic heterocycles. The van der Waals surface area contributed by atoms with E-state index in [1.54, 1.807) is 11.3 Å². The van der Waals surface area contributed by atoms with Crippen LogP contribution in [-0.2, 0) is 12.8 Å². The van der Waals surface area contributed by atoms with Crippen LogP contribution in [0.2, 0.25) is 0 Å². The summed E-state index contributed by atoms with van der Waals surface area (Å²) in [4.78, 5) is 0. The Labute approximate surface area is 104 Å². The normalized spacial score (nSPS) is 10.6. The van der Waals surface area contributed by atoms with E-state index in [0.717, 1.165) is 22.9 Å². The number of hydrogen-bond acceptors (Lipinski definition) is 3. The minimum Gasteiger partial charge on any atom is -0.144 e. The molecule has 4 heteroatoms. The van der Waals surface area contributed by atoms with Crippen LogP contribution in [-0.4, -0.2) is 16.1 Å². The maximum atomic E-state index is 5.67. The Morgan fingerprint density at radius 3 is 2.69 bits per heavy atom. The van der Waals surface area contributed by atoms with Crippen LogP contribution in [0.25, 0.3) is 0 Å². The van der Waals surface area contributed by atoms with Crippen molar-refractivity contribution in [3.05, 3.63) is 45.4 Å². The first kappa shape index (κ1) is 11.6. The van der Waals surface area contributed by atoms with Gasteiger partial charge in [-0.25, -0.2) is 0 Å². The third kappa shape index (κ3) is 2.80. The van der Waals surface area contributed by atoms with Crippen LogP contribution in [0.1, 0.15) is 21.1 Å². The third-order valence-electron chi connectivity index (χ3n) is 2.42. The highest BCUT2D eigenvalue weighted by Crippen LogP contribution is 2.17. The number of nitrogens with zero attached hydrogens (tertiary/aromatic N) is 2. The summed E-state index contributed by atoms with van der Waals surface area (Å²) in [5, 5.41) is 10.4. The van der Waals surface area contributed by atoms with Gasteiger partial charge in [0, 0.05) is 18.7 Å². The Balaban J connectivity index is 2.11. The summed E-state index contributed by atoms with van der Waals surface area (Å²) in [7, 11) is 0. The number of hydrogen-bond donors (Lipinski definition) is 0. The number of rotatable bonds is 4. The molecule has 0 unspecified atom stereocenters. The average Bonchev–Trinajstić information content (AvgIpc) is 2.70. The van der Waals surface area contributed by atoms with Gasteiger partial charge in [0.05, 0.1) is 0 Å². The maximum absolute atomic E-state index is 5.67. The first-order chi connectivity index (χ1) is 7.79. The van der Waals surface area contributed by atoms with Crippen molar-refractivity contribution in [1.29, 1.82) is 0 Å². The molecule has 0 spiro atoms. The molecule has 0 aliphatic rings. The number of aromatic nitrogens is 2. The number of benzene rings is 1. The van der Waals surface area contributed by atoms with Gasteiger partial charge in [-0.3, -0.25) is 0 Å². The molecule has 0 bridgehead atoms. The fourth-order valence-electron chi connectivity index (χ4n) is 1.51. The van der Waals surface area contributed by atoms with E-state index in [-0.39, 0.29) is 0 Å². The molecule has 1 aromatic heterocycles. The molecule has 0 atom stereocenters. The summed E-state index contributed by atoms with van der Waals surface area (Å²) < 4.78 is 0.